The molecule has 0 saturated carbocycles. The fourth-order valence-electron chi connectivity index (χ4n) is 3.63. The summed E-state index contributed by atoms with van der Waals surface area (Å²) < 4.78 is 11.4. The summed E-state index contributed by atoms with van der Waals surface area (Å²) in [7, 11) is 1.75. The number of ether oxygens (including phenoxy) is 2. The second-order valence-corrected chi connectivity index (χ2v) is 6.22. The summed E-state index contributed by atoms with van der Waals surface area (Å²) in [6.45, 7) is 1.16. The van der Waals surface area contributed by atoms with Crippen LogP contribution in [0.25, 0.3) is 0 Å². The molecule has 4 rings (SSSR count). The highest BCUT2D eigenvalue weighted by Gasteiger charge is 2.56. The highest BCUT2D eigenvalue weighted by atomic mass is 16.6. The highest BCUT2D eigenvalue weighted by molar-refractivity contribution is 5.90. The van der Waals surface area contributed by atoms with Gasteiger partial charge in [0.05, 0.1) is 13.2 Å². The van der Waals surface area contributed by atoms with E-state index in [0.717, 1.165) is 5.56 Å². The van der Waals surface area contributed by atoms with Crippen LogP contribution in [-0.4, -0.2) is 41.9 Å². The Morgan fingerprint density at radius 1 is 1.20 bits per heavy atom. The van der Waals surface area contributed by atoms with Gasteiger partial charge in [-0.2, -0.15) is 4.98 Å². The van der Waals surface area contributed by atoms with E-state index in [1.54, 1.807) is 24.2 Å². The number of carbonyl (C=O) groups is 1. The van der Waals surface area contributed by atoms with Gasteiger partial charge in [-0.05, 0) is 11.6 Å². The second kappa shape index (κ2) is 6.33. The molecule has 7 heteroatoms. The number of amides is 1. The lowest BCUT2D eigenvalue weighted by molar-refractivity contribution is -0.0590. The van der Waals surface area contributed by atoms with Gasteiger partial charge in [-0.25, -0.2) is 14.7 Å². The number of anilines is 2. The van der Waals surface area contributed by atoms with E-state index in [1.165, 1.54) is 0 Å². The topological polar surface area (TPSA) is 76.6 Å². The lowest BCUT2D eigenvalue weighted by Crippen LogP contribution is -2.43. The normalized spacial score (nSPS) is 22.0. The summed E-state index contributed by atoms with van der Waals surface area (Å²) in [5.41, 5.74) is 0.432. The molecule has 0 aliphatic carbocycles. The van der Waals surface area contributed by atoms with Gasteiger partial charge in [0.1, 0.15) is 17.5 Å². The van der Waals surface area contributed by atoms with Gasteiger partial charge in [0, 0.05) is 26.1 Å². The molecule has 1 atom stereocenters. The van der Waals surface area contributed by atoms with Crippen LogP contribution in [0.2, 0.25) is 0 Å². The van der Waals surface area contributed by atoms with Crippen LogP contribution in [0.3, 0.4) is 0 Å². The second-order valence-electron chi connectivity index (χ2n) is 6.22. The van der Waals surface area contributed by atoms with Crippen molar-refractivity contribution < 1.29 is 14.3 Å². The first-order chi connectivity index (χ1) is 12.2. The Morgan fingerprint density at radius 2 is 1.96 bits per heavy atom. The molecule has 7 nitrogen and oxygen atoms in total. The number of nitrogens with one attached hydrogen (secondary N) is 1. The van der Waals surface area contributed by atoms with Crippen LogP contribution < -0.4 is 10.2 Å². The van der Waals surface area contributed by atoms with Gasteiger partial charge in [0.15, 0.2) is 0 Å². The van der Waals surface area contributed by atoms with Crippen molar-refractivity contribution in [2.45, 2.75) is 24.5 Å². The van der Waals surface area contributed by atoms with Crippen LogP contribution in [0.4, 0.5) is 16.6 Å². The number of rotatable bonds is 3. The number of hydrogen-bond donors (Lipinski definition) is 1. The third-order valence-corrected chi connectivity index (χ3v) is 4.81. The van der Waals surface area contributed by atoms with Crippen molar-refractivity contribution in [3.05, 3.63) is 48.2 Å². The number of carbonyl (C=O) groups excluding carboxylic acids is 1. The Morgan fingerprint density at radius 3 is 2.68 bits per heavy atom. The van der Waals surface area contributed by atoms with E-state index in [9.17, 15) is 4.79 Å². The highest BCUT2D eigenvalue weighted by Crippen LogP contribution is 2.48. The molecule has 25 heavy (non-hydrogen) atoms. The number of nitrogens with zero attached hydrogens (tertiary/aromatic N) is 3. The Labute approximate surface area is 146 Å². The van der Waals surface area contributed by atoms with Crippen LogP contribution in [0, 0.1) is 0 Å². The van der Waals surface area contributed by atoms with Gasteiger partial charge in [-0.1, -0.05) is 30.3 Å². The minimum atomic E-state index is -0.596. The number of hydrogen-bond acceptors (Lipinski definition) is 6. The maximum Gasteiger partial charge on any atom is 0.416 e. The Hall–Kier alpha value is -2.67. The minimum absolute atomic E-state index is 0.246. The van der Waals surface area contributed by atoms with Crippen molar-refractivity contribution in [3.63, 3.8) is 0 Å². The summed E-state index contributed by atoms with van der Waals surface area (Å²) in [5.74, 6) is 0.992. The molecule has 2 fully saturated rings. The average Bonchev–Trinajstić information content (AvgIpc) is 2.94. The van der Waals surface area contributed by atoms with Crippen LogP contribution in [-0.2, 0) is 9.47 Å². The van der Waals surface area contributed by atoms with Gasteiger partial charge in [-0.15, -0.1) is 0 Å². The molecule has 2 aromatic rings. The molecule has 2 aliphatic rings. The Balaban J connectivity index is 1.82. The van der Waals surface area contributed by atoms with E-state index in [0.29, 0.717) is 37.8 Å². The SMILES string of the molecule is CNc1nccc(N2C(=O)OC3(CCOCC3)C2c2ccccc2)n1. The van der Waals surface area contributed by atoms with Crippen molar-refractivity contribution in [2.75, 3.05) is 30.5 Å². The first kappa shape index (κ1) is 15.8. The van der Waals surface area contributed by atoms with Gasteiger partial charge in [0.25, 0.3) is 0 Å². The molecule has 1 spiro atoms. The summed E-state index contributed by atoms with van der Waals surface area (Å²) >= 11 is 0. The van der Waals surface area contributed by atoms with Gasteiger partial charge < -0.3 is 14.8 Å². The van der Waals surface area contributed by atoms with Crippen molar-refractivity contribution in [2.24, 2.45) is 0 Å². The summed E-state index contributed by atoms with van der Waals surface area (Å²) in [5, 5.41) is 2.91. The van der Waals surface area contributed by atoms with Crippen molar-refractivity contribution in [1.29, 1.82) is 0 Å². The van der Waals surface area contributed by atoms with Gasteiger partial charge >= 0.3 is 6.09 Å². The molecule has 1 amide bonds. The number of aromatic nitrogens is 2. The summed E-state index contributed by atoms with van der Waals surface area (Å²) in [6.07, 6.45) is 2.59. The Kier molecular flexibility index (Phi) is 4.01. The van der Waals surface area contributed by atoms with Gasteiger partial charge in [-0.3, -0.25) is 0 Å². The fourth-order valence-corrected chi connectivity index (χ4v) is 3.63. The largest absolute Gasteiger partial charge is 0.440 e. The lowest BCUT2D eigenvalue weighted by Gasteiger charge is -2.37. The fraction of sp³-hybridized carbons (Fsp3) is 0.389. The molecule has 130 valence electrons. The third-order valence-electron chi connectivity index (χ3n) is 4.81. The van der Waals surface area contributed by atoms with Crippen LogP contribution in [0.1, 0.15) is 24.4 Å². The molecule has 1 unspecified atom stereocenters. The maximum atomic E-state index is 12.8. The lowest BCUT2D eigenvalue weighted by atomic mass is 9.82. The monoisotopic (exact) mass is 340 g/mol. The van der Waals surface area contributed by atoms with Crippen LogP contribution in [0.5, 0.6) is 0 Å². The molecule has 1 aromatic carbocycles. The van der Waals surface area contributed by atoms with Crippen LogP contribution >= 0.6 is 0 Å². The maximum absolute atomic E-state index is 12.8. The molecule has 2 aliphatic heterocycles. The zero-order valence-corrected chi connectivity index (χ0v) is 14.0. The zero-order valence-electron chi connectivity index (χ0n) is 14.0. The quantitative estimate of drug-likeness (QED) is 0.926. The smallest absolute Gasteiger partial charge is 0.416 e. The van der Waals surface area contributed by atoms with Crippen molar-refractivity contribution in [1.82, 2.24) is 9.97 Å². The Bertz CT molecular complexity index is 762. The van der Waals surface area contributed by atoms with E-state index in [1.807, 2.05) is 30.3 Å². The van der Waals surface area contributed by atoms with E-state index in [4.69, 9.17) is 9.47 Å². The summed E-state index contributed by atoms with van der Waals surface area (Å²) in [6, 6.07) is 11.4. The van der Waals surface area contributed by atoms with Crippen molar-refractivity contribution >= 4 is 17.9 Å². The first-order valence-electron chi connectivity index (χ1n) is 8.39. The molecule has 1 N–H and O–H groups in total. The predicted octanol–water partition coefficient (Wildman–Crippen LogP) is 2.77. The summed E-state index contributed by atoms with van der Waals surface area (Å²) in [4.78, 5) is 23.0. The molecular weight excluding hydrogens is 320 g/mol. The molecule has 0 bridgehead atoms. The third kappa shape index (κ3) is 2.70. The predicted molar refractivity (Wildman–Crippen MR) is 92.5 cm³/mol. The number of benzene rings is 1. The standard InChI is InChI=1S/C18H20N4O3/c1-19-16-20-10-7-14(21-16)22-15(13-5-3-2-4-6-13)18(25-17(22)23)8-11-24-12-9-18/h2-7,10,15H,8-9,11-12H2,1H3,(H,19,20,21). The van der Waals surface area contributed by atoms with E-state index >= 15 is 0 Å². The molecule has 2 saturated heterocycles. The van der Waals surface area contributed by atoms with E-state index in [-0.39, 0.29) is 12.1 Å². The van der Waals surface area contributed by atoms with E-state index < -0.39 is 5.60 Å². The van der Waals surface area contributed by atoms with Gasteiger partial charge in [0.2, 0.25) is 5.95 Å². The van der Waals surface area contributed by atoms with Crippen LogP contribution in [0.15, 0.2) is 42.6 Å². The van der Waals surface area contributed by atoms with Crippen molar-refractivity contribution in [3.8, 4) is 0 Å². The average molecular weight is 340 g/mol. The minimum Gasteiger partial charge on any atom is -0.440 e. The van der Waals surface area contributed by atoms with E-state index in [2.05, 4.69) is 15.3 Å². The molecular formula is C18H20N4O3. The molecule has 3 heterocycles. The first-order valence-corrected chi connectivity index (χ1v) is 8.39. The zero-order chi connectivity index (χ0) is 17.3. The molecule has 1 aromatic heterocycles. The molecule has 0 radical (unpaired) electrons.